The molecule has 0 aliphatic heterocycles. The van der Waals surface area contributed by atoms with Gasteiger partial charge >= 0.3 is 0 Å². The van der Waals surface area contributed by atoms with Crippen molar-refractivity contribution in [3.05, 3.63) is 59.0 Å². The molecule has 174 valence electrons. The zero-order chi connectivity index (χ0) is 23.8. The molecule has 1 fully saturated rings. The van der Waals surface area contributed by atoms with Gasteiger partial charge in [-0.25, -0.2) is 4.52 Å². The van der Waals surface area contributed by atoms with Crippen LogP contribution in [-0.4, -0.2) is 36.2 Å². The first-order chi connectivity index (χ1) is 16.4. The lowest BCUT2D eigenvalue weighted by Crippen LogP contribution is -2.14. The number of aryl methyl sites for hydroxylation is 2. The number of rotatable bonds is 7. The van der Waals surface area contributed by atoms with E-state index >= 15 is 0 Å². The number of anilines is 2. The predicted octanol–water partition coefficient (Wildman–Crippen LogP) is 4.30. The van der Waals surface area contributed by atoms with Gasteiger partial charge in [-0.05, 0) is 51.0 Å². The minimum atomic E-state index is -0.305. The molecule has 0 atom stereocenters. The molecule has 11 heteroatoms. The fraction of sp³-hybridized carbons (Fsp3) is 0.261. The number of ether oxygens (including phenoxy) is 1. The maximum Gasteiger partial charge on any atom is 0.259 e. The Bertz CT molecular complexity index is 1410. The molecular formula is C23H22ClN7O3. The Kier molecular flexibility index (Phi) is 5.66. The van der Waals surface area contributed by atoms with Crippen LogP contribution in [0, 0.1) is 12.8 Å². The van der Waals surface area contributed by atoms with E-state index in [9.17, 15) is 9.59 Å². The summed E-state index contributed by atoms with van der Waals surface area (Å²) in [6.45, 7) is 4.40. The van der Waals surface area contributed by atoms with Crippen molar-refractivity contribution >= 4 is 40.7 Å². The monoisotopic (exact) mass is 479 g/mol. The first kappa shape index (κ1) is 21.9. The van der Waals surface area contributed by atoms with E-state index < -0.39 is 0 Å². The summed E-state index contributed by atoms with van der Waals surface area (Å²) in [6.07, 6.45) is 5.17. The van der Waals surface area contributed by atoms with E-state index in [1.165, 1.54) is 4.52 Å². The molecule has 0 radical (unpaired) electrons. The van der Waals surface area contributed by atoms with Crippen molar-refractivity contribution < 1.29 is 14.3 Å². The molecular weight excluding hydrogens is 458 g/mol. The Morgan fingerprint density at radius 2 is 1.91 bits per heavy atom. The summed E-state index contributed by atoms with van der Waals surface area (Å²) in [7, 11) is 0. The molecule has 3 heterocycles. The summed E-state index contributed by atoms with van der Waals surface area (Å²) in [6, 6.07) is 8.47. The van der Waals surface area contributed by atoms with E-state index in [-0.39, 0.29) is 23.7 Å². The molecule has 0 saturated heterocycles. The second-order valence-corrected chi connectivity index (χ2v) is 8.46. The van der Waals surface area contributed by atoms with Crippen LogP contribution < -0.4 is 15.4 Å². The average Bonchev–Trinajstić information content (AvgIpc) is 3.49. The number of amides is 2. The Morgan fingerprint density at radius 3 is 2.65 bits per heavy atom. The summed E-state index contributed by atoms with van der Waals surface area (Å²) in [5.41, 5.74) is 2.10. The van der Waals surface area contributed by atoms with Gasteiger partial charge in [0.05, 0.1) is 28.2 Å². The normalized spacial score (nSPS) is 13.1. The number of hydrogen-bond acceptors (Lipinski definition) is 6. The van der Waals surface area contributed by atoms with Gasteiger partial charge < -0.3 is 10.1 Å². The summed E-state index contributed by atoms with van der Waals surface area (Å²) < 4.78 is 9.19. The van der Waals surface area contributed by atoms with Gasteiger partial charge in [0.15, 0.2) is 5.65 Å². The van der Waals surface area contributed by atoms with Crippen LogP contribution in [0.3, 0.4) is 0 Å². The molecule has 1 aliphatic carbocycles. The predicted molar refractivity (Wildman–Crippen MR) is 126 cm³/mol. The summed E-state index contributed by atoms with van der Waals surface area (Å²) in [5.74, 6) is 0.935. The highest BCUT2D eigenvalue weighted by Crippen LogP contribution is 2.31. The number of nitrogens with zero attached hydrogens (tertiary/aromatic N) is 5. The molecule has 2 N–H and O–H groups in total. The average molecular weight is 480 g/mol. The molecule has 5 rings (SSSR count). The van der Waals surface area contributed by atoms with Crippen molar-refractivity contribution in [3.8, 4) is 11.5 Å². The van der Waals surface area contributed by atoms with Crippen LogP contribution in [0.4, 0.5) is 11.6 Å². The standard InChI is InChI=1S/C23H22ClN7O3/c1-3-30-12-17(13(2)28-30)22(33)25-19-10-15(6-8-18(19)24)34-16-7-9-20-26-23(29-31(20)11-16)27-21(32)14-4-5-14/h6-12,14H,3-5H2,1-2H3,(H,25,33)(H,27,29,32). The number of halogens is 1. The zero-order valence-corrected chi connectivity index (χ0v) is 19.3. The number of carbonyl (C=O) groups is 2. The largest absolute Gasteiger partial charge is 0.456 e. The molecule has 10 nitrogen and oxygen atoms in total. The third-order valence-corrected chi connectivity index (χ3v) is 5.75. The number of benzene rings is 1. The number of nitrogens with one attached hydrogen (secondary N) is 2. The minimum absolute atomic E-state index is 0.0552. The van der Waals surface area contributed by atoms with E-state index in [0.29, 0.717) is 45.7 Å². The summed E-state index contributed by atoms with van der Waals surface area (Å²) in [5, 5.41) is 14.5. The Balaban J connectivity index is 1.32. The molecule has 3 aromatic heterocycles. The van der Waals surface area contributed by atoms with Crippen LogP contribution >= 0.6 is 11.6 Å². The van der Waals surface area contributed by atoms with Gasteiger partial charge in [-0.15, -0.1) is 5.10 Å². The van der Waals surface area contributed by atoms with Crippen molar-refractivity contribution in [2.75, 3.05) is 10.6 Å². The smallest absolute Gasteiger partial charge is 0.259 e. The van der Waals surface area contributed by atoms with Crippen LogP contribution in [-0.2, 0) is 11.3 Å². The lowest BCUT2D eigenvalue weighted by Gasteiger charge is -2.10. The molecule has 1 saturated carbocycles. The van der Waals surface area contributed by atoms with Crippen LogP contribution in [0.25, 0.3) is 5.65 Å². The highest BCUT2D eigenvalue weighted by molar-refractivity contribution is 6.34. The second kappa shape index (κ2) is 8.79. The number of aromatic nitrogens is 5. The molecule has 1 aromatic carbocycles. The van der Waals surface area contributed by atoms with Crippen molar-refractivity contribution in [2.24, 2.45) is 5.92 Å². The van der Waals surface area contributed by atoms with Gasteiger partial charge in [0.1, 0.15) is 11.5 Å². The van der Waals surface area contributed by atoms with E-state index in [2.05, 4.69) is 25.8 Å². The van der Waals surface area contributed by atoms with Crippen molar-refractivity contribution in [2.45, 2.75) is 33.2 Å². The van der Waals surface area contributed by atoms with Gasteiger partial charge in [-0.3, -0.25) is 19.6 Å². The topological polar surface area (TPSA) is 115 Å². The van der Waals surface area contributed by atoms with E-state index in [1.54, 1.807) is 54.3 Å². The van der Waals surface area contributed by atoms with Crippen molar-refractivity contribution in [3.63, 3.8) is 0 Å². The number of carbonyl (C=O) groups excluding carboxylic acids is 2. The maximum atomic E-state index is 12.7. The third kappa shape index (κ3) is 4.58. The minimum Gasteiger partial charge on any atom is -0.456 e. The number of pyridine rings is 1. The second-order valence-electron chi connectivity index (χ2n) is 8.05. The molecule has 0 bridgehead atoms. The van der Waals surface area contributed by atoms with Gasteiger partial charge in [0, 0.05) is 24.7 Å². The molecule has 0 unspecified atom stereocenters. The maximum absolute atomic E-state index is 12.7. The van der Waals surface area contributed by atoms with Gasteiger partial charge in [-0.2, -0.15) is 10.1 Å². The van der Waals surface area contributed by atoms with Crippen LogP contribution in [0.5, 0.6) is 11.5 Å². The first-order valence-corrected chi connectivity index (χ1v) is 11.3. The fourth-order valence-corrected chi connectivity index (χ4v) is 3.59. The molecule has 34 heavy (non-hydrogen) atoms. The molecule has 4 aromatic rings. The quantitative estimate of drug-likeness (QED) is 0.408. The Hall–Kier alpha value is -3.92. The highest BCUT2D eigenvalue weighted by Gasteiger charge is 2.30. The summed E-state index contributed by atoms with van der Waals surface area (Å²) in [4.78, 5) is 29.0. The Labute approximate surface area is 199 Å². The third-order valence-electron chi connectivity index (χ3n) is 5.42. The Morgan fingerprint density at radius 1 is 1.12 bits per heavy atom. The van der Waals surface area contributed by atoms with Crippen molar-refractivity contribution in [1.29, 1.82) is 0 Å². The van der Waals surface area contributed by atoms with E-state index in [0.717, 1.165) is 12.8 Å². The van der Waals surface area contributed by atoms with Crippen molar-refractivity contribution in [1.82, 2.24) is 24.4 Å². The zero-order valence-electron chi connectivity index (χ0n) is 18.6. The van der Waals surface area contributed by atoms with Gasteiger partial charge in [0.2, 0.25) is 11.9 Å². The van der Waals surface area contributed by atoms with Crippen LogP contribution in [0.1, 0.15) is 35.8 Å². The summed E-state index contributed by atoms with van der Waals surface area (Å²) >= 11 is 6.30. The molecule has 0 spiro atoms. The fourth-order valence-electron chi connectivity index (χ4n) is 3.43. The van der Waals surface area contributed by atoms with Crippen LogP contribution in [0.2, 0.25) is 5.02 Å². The lowest BCUT2D eigenvalue weighted by molar-refractivity contribution is -0.117. The molecule has 1 aliphatic rings. The van der Waals surface area contributed by atoms with Gasteiger partial charge in [0.25, 0.3) is 5.91 Å². The van der Waals surface area contributed by atoms with E-state index in [1.807, 2.05) is 6.92 Å². The lowest BCUT2D eigenvalue weighted by atomic mass is 10.2. The first-order valence-electron chi connectivity index (χ1n) is 10.9. The highest BCUT2D eigenvalue weighted by atomic mass is 35.5. The van der Waals surface area contributed by atoms with E-state index in [4.69, 9.17) is 16.3 Å². The number of hydrogen-bond donors (Lipinski definition) is 2. The number of fused-ring (bicyclic) bond motifs is 1. The van der Waals surface area contributed by atoms with Crippen LogP contribution in [0.15, 0.2) is 42.7 Å². The SMILES string of the molecule is CCn1cc(C(=O)Nc2cc(Oc3ccc4nc(NC(=O)C5CC5)nn4c3)ccc2Cl)c(C)n1. The molecule has 2 amide bonds. The van der Waals surface area contributed by atoms with Gasteiger partial charge in [-0.1, -0.05) is 11.6 Å².